The van der Waals surface area contributed by atoms with Gasteiger partial charge in [0, 0.05) is 11.5 Å². The molecule has 0 saturated heterocycles. The molecule has 1 aromatic carbocycles. The minimum Gasteiger partial charge on any atom is -0.159 e. The highest BCUT2D eigenvalue weighted by molar-refractivity contribution is 6.31. The zero-order chi connectivity index (χ0) is 16.2. The highest BCUT2D eigenvalue weighted by Gasteiger charge is 2.24. The van der Waals surface area contributed by atoms with Crippen LogP contribution in [0.5, 0.6) is 0 Å². The predicted molar refractivity (Wildman–Crippen MR) is 84.0 cm³/mol. The largest absolute Gasteiger partial charge is 0.458 e. The van der Waals surface area contributed by atoms with Crippen molar-refractivity contribution in [3.8, 4) is 11.8 Å². The lowest BCUT2D eigenvalue weighted by Gasteiger charge is -2.28. The van der Waals surface area contributed by atoms with E-state index < -0.39 is 6.18 Å². The molecular weight excluding hydrogens is 309 g/mol. The van der Waals surface area contributed by atoms with Crippen LogP contribution in [0, 0.1) is 17.8 Å². The average Bonchev–Trinajstić information content (AvgIpc) is 2.46. The fraction of sp³-hybridized carbons (Fsp3) is 0.556. The summed E-state index contributed by atoms with van der Waals surface area (Å²) in [5.74, 6) is 4.66. The highest BCUT2D eigenvalue weighted by atomic mass is 35.5. The third kappa shape index (κ3) is 4.95. The number of hydrogen-bond acceptors (Lipinski definition) is 0. The topological polar surface area (TPSA) is 0 Å². The van der Waals surface area contributed by atoms with Crippen molar-refractivity contribution in [2.45, 2.75) is 57.5 Å². The van der Waals surface area contributed by atoms with Gasteiger partial charge in [-0.15, -0.1) is 0 Å². The summed E-state index contributed by atoms with van der Waals surface area (Å²) in [4.78, 5) is 0. The van der Waals surface area contributed by atoms with E-state index in [1.807, 2.05) is 6.07 Å². The Morgan fingerprint density at radius 1 is 1.18 bits per heavy atom. The van der Waals surface area contributed by atoms with E-state index in [9.17, 15) is 13.2 Å². The van der Waals surface area contributed by atoms with Crippen molar-refractivity contribution in [2.24, 2.45) is 5.92 Å². The zero-order valence-electron chi connectivity index (χ0n) is 12.6. The van der Waals surface area contributed by atoms with E-state index in [1.54, 1.807) is 12.1 Å². The van der Waals surface area contributed by atoms with Gasteiger partial charge in [0.15, 0.2) is 0 Å². The van der Waals surface area contributed by atoms with Gasteiger partial charge in [-0.2, -0.15) is 13.2 Å². The lowest BCUT2D eigenvalue weighted by atomic mass is 9.77. The molecule has 0 aromatic heterocycles. The quantitative estimate of drug-likeness (QED) is 0.569. The van der Waals surface area contributed by atoms with Gasteiger partial charge in [0.25, 0.3) is 0 Å². The second-order valence-corrected chi connectivity index (χ2v) is 6.40. The number of hydrogen-bond donors (Lipinski definition) is 0. The third-order valence-corrected chi connectivity index (χ3v) is 4.66. The van der Waals surface area contributed by atoms with Gasteiger partial charge in [-0.3, -0.25) is 0 Å². The van der Waals surface area contributed by atoms with Crippen molar-refractivity contribution in [1.29, 1.82) is 0 Å². The number of benzene rings is 1. The second-order valence-electron chi connectivity index (χ2n) is 5.99. The van der Waals surface area contributed by atoms with Gasteiger partial charge < -0.3 is 0 Å². The van der Waals surface area contributed by atoms with Crippen LogP contribution in [-0.2, 0) is 0 Å². The van der Waals surface area contributed by atoms with Crippen molar-refractivity contribution in [2.75, 3.05) is 0 Å². The SMILES string of the molecule is CCCC1CCC(c2ccc(C#CC(F)(F)F)c(Cl)c2)CC1. The molecule has 0 nitrogen and oxygen atoms in total. The molecule has 1 saturated carbocycles. The highest BCUT2D eigenvalue weighted by Crippen LogP contribution is 2.38. The standard InChI is InChI=1S/C18H20ClF3/c1-2-3-13-4-6-14(7-5-13)16-9-8-15(17(19)12-16)10-11-18(20,21)22/h8-9,12-14H,2-7H2,1H3. The molecule has 0 atom stereocenters. The predicted octanol–water partition coefficient (Wildman–Crippen LogP) is 6.33. The first-order chi connectivity index (χ1) is 10.4. The lowest BCUT2D eigenvalue weighted by molar-refractivity contribution is -0.0696. The van der Waals surface area contributed by atoms with Crippen LogP contribution in [0.4, 0.5) is 13.2 Å². The number of alkyl halides is 3. The van der Waals surface area contributed by atoms with Gasteiger partial charge in [0.1, 0.15) is 0 Å². The summed E-state index contributed by atoms with van der Waals surface area (Å²) in [5, 5.41) is 0.310. The van der Waals surface area contributed by atoms with Crippen molar-refractivity contribution >= 4 is 11.6 Å². The fourth-order valence-corrected chi connectivity index (χ4v) is 3.45. The third-order valence-electron chi connectivity index (χ3n) is 4.35. The van der Waals surface area contributed by atoms with Crippen LogP contribution in [0.2, 0.25) is 5.02 Å². The molecule has 0 N–H and O–H groups in total. The van der Waals surface area contributed by atoms with Crippen LogP contribution >= 0.6 is 11.6 Å². The van der Waals surface area contributed by atoms with Crippen LogP contribution in [0.25, 0.3) is 0 Å². The summed E-state index contributed by atoms with van der Waals surface area (Å²) < 4.78 is 36.4. The average molecular weight is 329 g/mol. The molecular formula is C18H20ClF3. The zero-order valence-corrected chi connectivity index (χ0v) is 13.4. The first-order valence-corrected chi connectivity index (χ1v) is 8.16. The lowest BCUT2D eigenvalue weighted by Crippen LogP contribution is -2.13. The van der Waals surface area contributed by atoms with Gasteiger partial charge in [0.05, 0.1) is 5.02 Å². The maximum Gasteiger partial charge on any atom is 0.458 e. The van der Waals surface area contributed by atoms with E-state index in [1.165, 1.54) is 31.6 Å². The van der Waals surface area contributed by atoms with E-state index in [0.717, 1.165) is 24.3 Å². The Balaban J connectivity index is 2.05. The minimum absolute atomic E-state index is 0.238. The summed E-state index contributed by atoms with van der Waals surface area (Å²) >= 11 is 6.09. The molecule has 4 heteroatoms. The van der Waals surface area contributed by atoms with Gasteiger partial charge >= 0.3 is 6.18 Å². The van der Waals surface area contributed by atoms with Crippen LogP contribution in [0.3, 0.4) is 0 Å². The Kier molecular flexibility index (Phi) is 5.81. The van der Waals surface area contributed by atoms with Crippen molar-refractivity contribution < 1.29 is 13.2 Å². The van der Waals surface area contributed by atoms with Crippen LogP contribution < -0.4 is 0 Å². The van der Waals surface area contributed by atoms with E-state index in [-0.39, 0.29) is 5.56 Å². The number of halogens is 4. The molecule has 0 bridgehead atoms. The maximum absolute atomic E-state index is 12.1. The smallest absolute Gasteiger partial charge is 0.159 e. The van der Waals surface area contributed by atoms with Gasteiger partial charge in [-0.05, 0) is 55.2 Å². The Bertz CT molecular complexity index is 558. The number of rotatable bonds is 3. The first-order valence-electron chi connectivity index (χ1n) is 7.78. The normalized spacial score (nSPS) is 22.0. The monoisotopic (exact) mass is 328 g/mol. The van der Waals surface area contributed by atoms with Crippen molar-refractivity contribution in [3.05, 3.63) is 34.3 Å². The summed E-state index contributed by atoms with van der Waals surface area (Å²) in [6.07, 6.45) is 2.76. The van der Waals surface area contributed by atoms with E-state index in [4.69, 9.17) is 11.6 Å². The fourth-order valence-electron chi connectivity index (χ4n) is 3.22. The molecule has 120 valence electrons. The molecule has 22 heavy (non-hydrogen) atoms. The van der Waals surface area contributed by atoms with Crippen molar-refractivity contribution in [3.63, 3.8) is 0 Å². The Hall–Kier alpha value is -1.14. The molecule has 0 spiro atoms. The van der Waals surface area contributed by atoms with Crippen molar-refractivity contribution in [1.82, 2.24) is 0 Å². The van der Waals surface area contributed by atoms with E-state index in [2.05, 4.69) is 12.8 Å². The molecule has 1 aliphatic rings. The summed E-state index contributed by atoms with van der Waals surface area (Å²) in [6, 6.07) is 5.26. The second kappa shape index (κ2) is 7.42. The molecule has 1 fully saturated rings. The molecule has 1 aliphatic carbocycles. The van der Waals surface area contributed by atoms with Gasteiger partial charge in [-0.25, -0.2) is 0 Å². The molecule has 1 aromatic rings. The first kappa shape index (κ1) is 17.2. The molecule has 0 amide bonds. The van der Waals surface area contributed by atoms with Crippen LogP contribution in [0.15, 0.2) is 18.2 Å². The minimum atomic E-state index is -4.49. The maximum atomic E-state index is 12.1. The van der Waals surface area contributed by atoms with Gasteiger partial charge in [0.2, 0.25) is 0 Å². The Morgan fingerprint density at radius 2 is 1.86 bits per heavy atom. The van der Waals surface area contributed by atoms with E-state index in [0.29, 0.717) is 10.9 Å². The summed E-state index contributed by atoms with van der Waals surface area (Å²) in [7, 11) is 0. The summed E-state index contributed by atoms with van der Waals surface area (Å²) in [5.41, 5.74) is 1.36. The summed E-state index contributed by atoms with van der Waals surface area (Å²) in [6.45, 7) is 2.21. The van der Waals surface area contributed by atoms with Gasteiger partial charge in [-0.1, -0.05) is 43.4 Å². The van der Waals surface area contributed by atoms with E-state index >= 15 is 0 Å². The molecule has 2 rings (SSSR count). The Morgan fingerprint density at radius 3 is 2.41 bits per heavy atom. The molecule has 0 radical (unpaired) electrons. The molecule has 0 heterocycles. The molecule has 0 aliphatic heterocycles. The Labute approximate surface area is 135 Å². The molecule has 0 unspecified atom stereocenters. The van der Waals surface area contributed by atoms with Crippen LogP contribution in [0.1, 0.15) is 62.5 Å². The van der Waals surface area contributed by atoms with Crippen LogP contribution in [-0.4, -0.2) is 6.18 Å².